The zero-order chi connectivity index (χ0) is 13.5. The van der Waals surface area contributed by atoms with Crippen molar-refractivity contribution in [3.63, 3.8) is 0 Å². The van der Waals surface area contributed by atoms with Crippen LogP contribution < -0.4 is 4.74 Å². The number of ether oxygens (including phenoxy) is 1. The van der Waals surface area contributed by atoms with Gasteiger partial charge in [-0.25, -0.2) is 0 Å². The van der Waals surface area contributed by atoms with Crippen LogP contribution in [0.5, 0.6) is 5.75 Å². The van der Waals surface area contributed by atoms with Gasteiger partial charge in [0.2, 0.25) is 0 Å². The molecular weight excluding hydrogens is 232 g/mol. The second-order valence-electron chi connectivity index (χ2n) is 3.99. The average molecular weight is 250 g/mol. The summed E-state index contributed by atoms with van der Waals surface area (Å²) in [6.07, 6.45) is 1.68. The van der Waals surface area contributed by atoms with E-state index in [9.17, 15) is 4.79 Å². The van der Waals surface area contributed by atoms with Crippen LogP contribution in [-0.2, 0) is 11.3 Å². The maximum atomic E-state index is 10.7. The molecule has 0 saturated heterocycles. The molecule has 18 heavy (non-hydrogen) atoms. The molecule has 1 heterocycles. The lowest BCUT2D eigenvalue weighted by Crippen LogP contribution is -2.29. The van der Waals surface area contributed by atoms with Gasteiger partial charge in [-0.15, -0.1) is 6.58 Å². The van der Waals surface area contributed by atoms with Crippen molar-refractivity contribution in [1.82, 2.24) is 9.88 Å². The largest absolute Gasteiger partial charge is 0.497 e. The van der Waals surface area contributed by atoms with Gasteiger partial charge in [0.25, 0.3) is 0 Å². The van der Waals surface area contributed by atoms with Crippen LogP contribution in [0.4, 0.5) is 0 Å². The van der Waals surface area contributed by atoms with Crippen molar-refractivity contribution in [2.45, 2.75) is 13.5 Å². The summed E-state index contributed by atoms with van der Waals surface area (Å²) in [6, 6.07) is 3.64. The van der Waals surface area contributed by atoms with E-state index in [-0.39, 0.29) is 6.54 Å². The first kappa shape index (κ1) is 14.2. The molecule has 1 aromatic heterocycles. The maximum absolute atomic E-state index is 10.7. The van der Waals surface area contributed by atoms with Crippen molar-refractivity contribution in [3.8, 4) is 5.75 Å². The fourth-order valence-electron chi connectivity index (χ4n) is 1.69. The fraction of sp³-hybridized carbons (Fsp3) is 0.385. The van der Waals surface area contributed by atoms with Gasteiger partial charge < -0.3 is 9.84 Å². The van der Waals surface area contributed by atoms with E-state index in [4.69, 9.17) is 9.84 Å². The van der Waals surface area contributed by atoms with E-state index in [1.807, 2.05) is 19.1 Å². The molecule has 0 fully saturated rings. The van der Waals surface area contributed by atoms with E-state index in [0.29, 0.717) is 13.1 Å². The third kappa shape index (κ3) is 4.55. The number of hydrogen-bond donors (Lipinski definition) is 1. The SMILES string of the molecule is C=CCN(CC(=O)O)Cc1cc(OC)cc(C)n1. The Morgan fingerprint density at radius 2 is 2.33 bits per heavy atom. The number of methoxy groups -OCH3 is 1. The van der Waals surface area contributed by atoms with Gasteiger partial charge in [-0.2, -0.15) is 0 Å². The Hall–Kier alpha value is -1.88. The van der Waals surface area contributed by atoms with Crippen molar-refractivity contribution < 1.29 is 14.6 Å². The molecule has 1 aromatic rings. The lowest BCUT2D eigenvalue weighted by Gasteiger charge is -2.18. The Kier molecular flexibility index (Phi) is 5.32. The minimum absolute atomic E-state index is 0.0377. The highest BCUT2D eigenvalue weighted by Gasteiger charge is 2.10. The zero-order valence-electron chi connectivity index (χ0n) is 10.7. The first-order valence-corrected chi connectivity index (χ1v) is 5.61. The zero-order valence-corrected chi connectivity index (χ0v) is 10.7. The van der Waals surface area contributed by atoms with Crippen LogP contribution >= 0.6 is 0 Å². The lowest BCUT2D eigenvalue weighted by atomic mass is 10.2. The molecule has 5 nitrogen and oxygen atoms in total. The van der Waals surface area contributed by atoms with Gasteiger partial charge in [-0.05, 0) is 6.92 Å². The Balaban J connectivity index is 2.81. The van der Waals surface area contributed by atoms with Crippen LogP contribution in [0.3, 0.4) is 0 Å². The van der Waals surface area contributed by atoms with Crippen LogP contribution in [0.1, 0.15) is 11.4 Å². The number of nitrogens with zero attached hydrogens (tertiary/aromatic N) is 2. The van der Waals surface area contributed by atoms with Gasteiger partial charge in [-0.3, -0.25) is 14.7 Å². The molecule has 0 unspecified atom stereocenters. The molecule has 0 radical (unpaired) electrons. The summed E-state index contributed by atoms with van der Waals surface area (Å²) in [5, 5.41) is 8.82. The molecule has 5 heteroatoms. The minimum atomic E-state index is -0.864. The molecule has 98 valence electrons. The highest BCUT2D eigenvalue weighted by atomic mass is 16.5. The molecule has 0 spiro atoms. The molecule has 0 amide bonds. The van der Waals surface area contributed by atoms with Crippen molar-refractivity contribution in [3.05, 3.63) is 36.2 Å². The average Bonchev–Trinajstić information content (AvgIpc) is 2.27. The summed E-state index contributed by atoms with van der Waals surface area (Å²) >= 11 is 0. The first-order valence-electron chi connectivity index (χ1n) is 5.61. The molecule has 1 N–H and O–H groups in total. The van der Waals surface area contributed by atoms with E-state index < -0.39 is 5.97 Å². The molecule has 0 aliphatic heterocycles. The van der Waals surface area contributed by atoms with Crippen molar-refractivity contribution in [2.24, 2.45) is 0 Å². The molecule has 0 aromatic carbocycles. The normalized spacial score (nSPS) is 10.4. The van der Waals surface area contributed by atoms with Gasteiger partial charge in [0.1, 0.15) is 5.75 Å². The van der Waals surface area contributed by atoms with Gasteiger partial charge >= 0.3 is 5.97 Å². The van der Waals surface area contributed by atoms with Gasteiger partial charge in [0.05, 0.1) is 19.3 Å². The lowest BCUT2D eigenvalue weighted by molar-refractivity contribution is -0.138. The number of carboxylic acids is 1. The number of pyridine rings is 1. The first-order chi connectivity index (χ1) is 8.55. The standard InChI is InChI=1S/C13H18N2O3/c1-4-5-15(9-13(16)17)8-11-7-12(18-3)6-10(2)14-11/h4,6-7H,1,5,8-9H2,2-3H3,(H,16,17). The highest BCUT2D eigenvalue weighted by Crippen LogP contribution is 2.14. The molecule has 0 saturated carbocycles. The summed E-state index contributed by atoms with van der Waals surface area (Å²) in [5.41, 5.74) is 1.63. The van der Waals surface area contributed by atoms with Crippen LogP contribution in [0.15, 0.2) is 24.8 Å². The topological polar surface area (TPSA) is 62.7 Å². The summed E-state index contributed by atoms with van der Waals surface area (Å²) in [6.45, 7) is 6.42. The smallest absolute Gasteiger partial charge is 0.317 e. The highest BCUT2D eigenvalue weighted by molar-refractivity contribution is 5.69. The van der Waals surface area contributed by atoms with Crippen LogP contribution in [0.25, 0.3) is 0 Å². The van der Waals surface area contributed by atoms with Gasteiger partial charge in [-0.1, -0.05) is 6.08 Å². The predicted molar refractivity (Wildman–Crippen MR) is 68.6 cm³/mol. The third-order valence-electron chi connectivity index (χ3n) is 2.35. The molecule has 0 bridgehead atoms. The van der Waals surface area contributed by atoms with E-state index in [0.717, 1.165) is 17.1 Å². The molecule has 0 atom stereocenters. The Morgan fingerprint density at radius 1 is 1.61 bits per heavy atom. The summed E-state index contributed by atoms with van der Waals surface area (Å²) in [7, 11) is 1.59. The number of carbonyl (C=O) groups is 1. The number of aryl methyl sites for hydroxylation is 1. The van der Waals surface area contributed by atoms with Gasteiger partial charge in [0.15, 0.2) is 0 Å². The fourth-order valence-corrected chi connectivity index (χ4v) is 1.69. The van der Waals surface area contributed by atoms with Crippen LogP contribution in [-0.4, -0.2) is 41.2 Å². The van der Waals surface area contributed by atoms with Crippen LogP contribution in [0.2, 0.25) is 0 Å². The second kappa shape index (κ2) is 6.76. The van der Waals surface area contributed by atoms with Crippen molar-refractivity contribution >= 4 is 5.97 Å². The maximum Gasteiger partial charge on any atom is 0.317 e. The molecular formula is C13H18N2O3. The number of rotatable bonds is 7. The summed E-state index contributed by atoms with van der Waals surface area (Å²) < 4.78 is 5.16. The van der Waals surface area contributed by atoms with Crippen LogP contribution in [0, 0.1) is 6.92 Å². The monoisotopic (exact) mass is 250 g/mol. The molecule has 0 aliphatic rings. The number of hydrogen-bond acceptors (Lipinski definition) is 4. The van der Waals surface area contributed by atoms with Gasteiger partial charge in [0, 0.05) is 30.9 Å². The number of aromatic nitrogens is 1. The third-order valence-corrected chi connectivity index (χ3v) is 2.35. The van der Waals surface area contributed by atoms with E-state index in [2.05, 4.69) is 11.6 Å². The number of aliphatic carboxylic acids is 1. The number of carboxylic acid groups (broad SMARTS) is 1. The molecule has 0 aliphatic carbocycles. The van der Waals surface area contributed by atoms with Crippen molar-refractivity contribution in [2.75, 3.05) is 20.2 Å². The Morgan fingerprint density at radius 3 is 2.89 bits per heavy atom. The van der Waals surface area contributed by atoms with Crippen molar-refractivity contribution in [1.29, 1.82) is 0 Å². The summed E-state index contributed by atoms with van der Waals surface area (Å²) in [5.74, 6) is -0.136. The molecule has 1 rings (SSSR count). The minimum Gasteiger partial charge on any atom is -0.497 e. The Bertz CT molecular complexity index is 432. The Labute approximate surface area is 107 Å². The van der Waals surface area contributed by atoms with E-state index in [1.54, 1.807) is 18.1 Å². The van der Waals surface area contributed by atoms with E-state index >= 15 is 0 Å². The summed E-state index contributed by atoms with van der Waals surface area (Å²) in [4.78, 5) is 16.9. The predicted octanol–water partition coefficient (Wildman–Crippen LogP) is 1.47. The van der Waals surface area contributed by atoms with E-state index in [1.165, 1.54) is 0 Å². The second-order valence-corrected chi connectivity index (χ2v) is 3.99. The quantitative estimate of drug-likeness (QED) is 0.742.